The summed E-state index contributed by atoms with van der Waals surface area (Å²) in [6, 6.07) is 5.56. The van der Waals surface area contributed by atoms with Gasteiger partial charge in [0.15, 0.2) is 5.13 Å². The average Bonchev–Trinajstić information content (AvgIpc) is 3.52. The number of aliphatic hydroxyl groups is 1. The van der Waals surface area contributed by atoms with E-state index in [0.717, 1.165) is 34.9 Å². The molecule has 0 bridgehead atoms. The molecule has 3 aromatic rings. The number of hydrogen-bond acceptors (Lipinski definition) is 9. The van der Waals surface area contributed by atoms with Gasteiger partial charge in [0.05, 0.1) is 16.9 Å². The first kappa shape index (κ1) is 24.4. The van der Waals surface area contributed by atoms with Crippen LogP contribution in [0.3, 0.4) is 0 Å². The van der Waals surface area contributed by atoms with Crippen LogP contribution in [0.4, 0.5) is 15.8 Å². The van der Waals surface area contributed by atoms with Crippen molar-refractivity contribution >= 4 is 62.0 Å². The Balaban J connectivity index is 1.42. The summed E-state index contributed by atoms with van der Waals surface area (Å²) < 4.78 is 2.65. The number of rotatable bonds is 8. The first-order valence-corrected chi connectivity index (χ1v) is 12.6. The summed E-state index contributed by atoms with van der Waals surface area (Å²) in [5, 5.41) is 19.8. The topological polar surface area (TPSA) is 158 Å². The van der Waals surface area contributed by atoms with Crippen molar-refractivity contribution < 1.29 is 9.90 Å². The van der Waals surface area contributed by atoms with Gasteiger partial charge >= 0.3 is 0 Å². The summed E-state index contributed by atoms with van der Waals surface area (Å²) in [5.74, 6) is -0.219. The molecule has 1 aromatic carbocycles. The Morgan fingerprint density at radius 2 is 2.24 bits per heavy atom. The third-order valence-electron chi connectivity index (χ3n) is 5.34. The van der Waals surface area contributed by atoms with E-state index < -0.39 is 6.23 Å². The minimum absolute atomic E-state index is 0.118. The molecule has 1 amide bonds. The molecule has 13 heteroatoms. The number of carbonyl (C=O) groups is 1. The minimum Gasteiger partial charge on any atom is -0.383 e. The van der Waals surface area contributed by atoms with Crippen molar-refractivity contribution in [1.82, 2.24) is 14.7 Å². The fraction of sp³-hybridized carbons (Fsp3) is 0.333. The van der Waals surface area contributed by atoms with Crippen molar-refractivity contribution in [2.45, 2.75) is 38.5 Å². The van der Waals surface area contributed by atoms with Gasteiger partial charge < -0.3 is 21.5 Å². The Kier molecular flexibility index (Phi) is 7.63. The highest BCUT2D eigenvalue weighted by Crippen LogP contribution is 2.29. The summed E-state index contributed by atoms with van der Waals surface area (Å²) in [4.78, 5) is 34.0. The zero-order valence-corrected chi connectivity index (χ0v) is 20.6. The Morgan fingerprint density at radius 1 is 1.41 bits per heavy atom. The summed E-state index contributed by atoms with van der Waals surface area (Å²) in [7, 11) is 0. The van der Waals surface area contributed by atoms with Crippen molar-refractivity contribution in [3.05, 3.63) is 55.8 Å². The number of thiazole rings is 1. The maximum absolute atomic E-state index is 12.7. The van der Waals surface area contributed by atoms with Crippen LogP contribution in [0.25, 0.3) is 0 Å². The number of benzene rings is 1. The largest absolute Gasteiger partial charge is 0.383 e. The first-order chi connectivity index (χ1) is 16.3. The van der Waals surface area contributed by atoms with Crippen molar-refractivity contribution in [2.75, 3.05) is 17.2 Å². The van der Waals surface area contributed by atoms with Gasteiger partial charge in [-0.2, -0.15) is 0 Å². The number of hydrogen-bond donors (Lipinski definition) is 6. The van der Waals surface area contributed by atoms with Gasteiger partial charge in [0.25, 0.3) is 11.5 Å². The lowest BCUT2D eigenvalue weighted by atomic mass is 10.1. The second-order valence-corrected chi connectivity index (χ2v) is 10.0. The Bertz CT molecular complexity index is 1250. The molecule has 1 aliphatic heterocycles. The van der Waals surface area contributed by atoms with E-state index in [0.29, 0.717) is 45.1 Å². The van der Waals surface area contributed by atoms with Gasteiger partial charge in [-0.15, -0.1) is 0 Å². The van der Waals surface area contributed by atoms with Crippen LogP contribution in [0, 0.1) is 6.92 Å². The van der Waals surface area contributed by atoms with E-state index in [9.17, 15) is 14.7 Å². The maximum Gasteiger partial charge on any atom is 0.271 e. The highest BCUT2D eigenvalue weighted by molar-refractivity contribution is 7.18. The van der Waals surface area contributed by atoms with Crippen LogP contribution in [-0.2, 0) is 0 Å². The normalized spacial score (nSPS) is 18.3. The van der Waals surface area contributed by atoms with E-state index in [4.69, 9.17) is 17.3 Å². The third kappa shape index (κ3) is 5.65. The molecule has 34 heavy (non-hydrogen) atoms. The number of carbonyl (C=O) groups excluding carboxylic acids is 1. The summed E-state index contributed by atoms with van der Waals surface area (Å²) in [5.41, 5.74) is 7.38. The third-order valence-corrected chi connectivity index (χ3v) is 7.37. The van der Waals surface area contributed by atoms with Gasteiger partial charge in [-0.3, -0.25) is 24.3 Å². The van der Waals surface area contributed by atoms with Gasteiger partial charge in [0.1, 0.15) is 27.5 Å². The van der Waals surface area contributed by atoms with Crippen molar-refractivity contribution in [3.8, 4) is 0 Å². The fourth-order valence-corrected chi connectivity index (χ4v) is 5.36. The van der Waals surface area contributed by atoms with Gasteiger partial charge in [-0.25, -0.2) is 4.98 Å². The van der Waals surface area contributed by atoms with E-state index in [1.54, 1.807) is 6.07 Å². The van der Waals surface area contributed by atoms with E-state index in [-0.39, 0.29) is 28.9 Å². The van der Waals surface area contributed by atoms with Crippen molar-refractivity contribution in [1.29, 1.82) is 0 Å². The number of H-pyrrole nitrogens is 1. The molecule has 1 saturated heterocycles. The van der Waals surface area contributed by atoms with Crippen LogP contribution < -0.4 is 27.2 Å². The van der Waals surface area contributed by atoms with Crippen LogP contribution in [0.15, 0.2) is 34.2 Å². The number of aryl methyl sites for hydroxylation is 1. The monoisotopic (exact) mass is 521 g/mol. The number of aromatic amines is 1. The molecule has 0 spiro atoms. The highest BCUT2D eigenvalue weighted by atomic mass is 35.5. The summed E-state index contributed by atoms with van der Waals surface area (Å²) >= 11 is 8.40. The van der Waals surface area contributed by atoms with Crippen LogP contribution in [0.1, 0.15) is 40.1 Å². The highest BCUT2D eigenvalue weighted by Gasteiger charge is 2.21. The number of aliphatic hydroxyl groups excluding tert-OH is 1. The van der Waals surface area contributed by atoms with E-state index >= 15 is 0 Å². The number of nitrogens with two attached hydrogens (primary N) is 1. The second-order valence-electron chi connectivity index (χ2n) is 7.79. The SMILES string of the molecule is Cc1cccc(Cl)c1NC(=O)c1cnc(Nc2s[nH]c(=O)c2C(N)=NCCC2CCC(O)N2)s1. The van der Waals surface area contributed by atoms with Crippen LogP contribution in [0.2, 0.25) is 5.02 Å². The summed E-state index contributed by atoms with van der Waals surface area (Å²) in [6.07, 6.45) is 3.27. The molecule has 3 heterocycles. The van der Waals surface area contributed by atoms with Crippen LogP contribution in [-0.4, -0.2) is 45.0 Å². The number of aromatic nitrogens is 2. The average molecular weight is 522 g/mol. The van der Waals surface area contributed by atoms with Gasteiger partial charge in [-0.05, 0) is 49.3 Å². The maximum atomic E-state index is 12.7. The lowest BCUT2D eigenvalue weighted by Gasteiger charge is -2.09. The Hall–Kier alpha value is -2.77. The Morgan fingerprint density at radius 3 is 2.97 bits per heavy atom. The second kappa shape index (κ2) is 10.7. The molecule has 2 unspecified atom stereocenters. The Labute approximate surface area is 208 Å². The molecular weight excluding hydrogens is 498 g/mol. The lowest BCUT2D eigenvalue weighted by molar-refractivity contribution is 0.103. The number of nitrogens with one attached hydrogen (secondary N) is 4. The zero-order valence-electron chi connectivity index (χ0n) is 18.2. The van der Waals surface area contributed by atoms with Crippen LogP contribution >= 0.6 is 34.5 Å². The molecule has 0 saturated carbocycles. The molecule has 1 aliphatic rings. The smallest absolute Gasteiger partial charge is 0.271 e. The quantitative estimate of drug-likeness (QED) is 0.196. The number of anilines is 3. The molecule has 1 fully saturated rings. The molecule has 10 nitrogen and oxygen atoms in total. The predicted molar refractivity (Wildman–Crippen MR) is 137 cm³/mol. The molecule has 0 radical (unpaired) electrons. The zero-order chi connectivity index (χ0) is 24.2. The number of aliphatic imine (C=N–C) groups is 1. The number of nitrogens with zero attached hydrogens (tertiary/aromatic N) is 2. The molecule has 0 aliphatic carbocycles. The number of halogens is 1. The summed E-state index contributed by atoms with van der Waals surface area (Å²) in [6.45, 7) is 2.28. The molecule has 4 rings (SSSR count). The van der Waals surface area contributed by atoms with Crippen molar-refractivity contribution in [3.63, 3.8) is 0 Å². The van der Waals surface area contributed by atoms with Gasteiger partial charge in [0, 0.05) is 12.6 Å². The van der Waals surface area contributed by atoms with E-state index in [2.05, 4.69) is 30.3 Å². The van der Waals surface area contributed by atoms with Crippen LogP contribution in [0.5, 0.6) is 0 Å². The minimum atomic E-state index is -0.471. The first-order valence-electron chi connectivity index (χ1n) is 10.6. The van der Waals surface area contributed by atoms with Gasteiger partial charge in [0.2, 0.25) is 0 Å². The van der Waals surface area contributed by atoms with Gasteiger partial charge in [-0.1, -0.05) is 35.1 Å². The molecular formula is C21H24ClN7O3S2. The number of amides is 1. The molecule has 2 aromatic heterocycles. The van der Waals surface area contributed by atoms with E-state index in [1.807, 2.05) is 19.1 Å². The standard InChI is InChI=1S/C21H24ClN7O3S2/c1-10-3-2-4-12(22)16(10)27-18(31)13-9-25-21(33-13)28-20-15(19(32)29-34-20)17(23)24-8-7-11-5-6-14(30)26-11/h2-4,9,11,14,26,30H,5-8H2,1H3,(H2,23,24)(H,25,28)(H,27,31)(H,29,32). The molecule has 2 atom stereocenters. The van der Waals surface area contributed by atoms with E-state index in [1.165, 1.54) is 6.20 Å². The molecule has 180 valence electrons. The molecule has 7 N–H and O–H groups in total. The fourth-order valence-electron chi connectivity index (χ4n) is 3.57. The number of para-hydroxylation sites is 1. The predicted octanol–water partition coefficient (Wildman–Crippen LogP) is 3.02. The van der Waals surface area contributed by atoms with Crippen molar-refractivity contribution in [2.24, 2.45) is 10.7 Å². The number of amidine groups is 1. The lowest BCUT2D eigenvalue weighted by Crippen LogP contribution is -2.29.